The van der Waals surface area contributed by atoms with Gasteiger partial charge in [-0.1, -0.05) is 12.1 Å². The Hall–Kier alpha value is -2.43. The van der Waals surface area contributed by atoms with Crippen LogP contribution in [0.15, 0.2) is 40.9 Å². The molecule has 0 atom stereocenters. The molecule has 2 rings (SSSR count). The van der Waals surface area contributed by atoms with E-state index in [-0.39, 0.29) is 22.7 Å². The van der Waals surface area contributed by atoms with E-state index in [1.165, 1.54) is 12.1 Å². The molecule has 106 valence electrons. The summed E-state index contributed by atoms with van der Waals surface area (Å²) in [6.45, 7) is 0.296. The van der Waals surface area contributed by atoms with E-state index in [1.807, 2.05) is 6.07 Å². The standard InChI is InChI=1S/C14H10BrN3O3/c15-11-2-1-3-12(18(19)20)14(11)21-13-5-4-9(7-16)6-10(13)8-17/h1-6H,7,16H2. The summed E-state index contributed by atoms with van der Waals surface area (Å²) >= 11 is 3.22. The topological polar surface area (TPSA) is 102 Å². The maximum atomic E-state index is 11.0. The van der Waals surface area contributed by atoms with Gasteiger partial charge in [0, 0.05) is 12.6 Å². The molecule has 0 saturated carbocycles. The van der Waals surface area contributed by atoms with E-state index in [2.05, 4.69) is 15.9 Å². The fraction of sp³-hybridized carbons (Fsp3) is 0.0714. The molecule has 0 aromatic heterocycles. The number of nitrogens with two attached hydrogens (primary N) is 1. The summed E-state index contributed by atoms with van der Waals surface area (Å²) < 4.78 is 6.01. The van der Waals surface area contributed by atoms with Crippen LogP contribution in [0.5, 0.6) is 11.5 Å². The van der Waals surface area contributed by atoms with Crippen LogP contribution in [0.2, 0.25) is 0 Å². The minimum Gasteiger partial charge on any atom is -0.448 e. The summed E-state index contributed by atoms with van der Waals surface area (Å²) in [5.74, 6) is 0.296. The van der Waals surface area contributed by atoms with Crippen LogP contribution in [-0.4, -0.2) is 4.92 Å². The van der Waals surface area contributed by atoms with E-state index >= 15 is 0 Å². The minimum atomic E-state index is -0.541. The second kappa shape index (κ2) is 6.35. The van der Waals surface area contributed by atoms with Gasteiger partial charge in [-0.05, 0) is 39.7 Å². The zero-order valence-corrected chi connectivity index (χ0v) is 12.3. The third-order valence-corrected chi connectivity index (χ3v) is 3.38. The van der Waals surface area contributed by atoms with Gasteiger partial charge in [0.05, 0.1) is 15.0 Å². The summed E-state index contributed by atoms with van der Waals surface area (Å²) in [7, 11) is 0. The SMILES string of the molecule is N#Cc1cc(CN)ccc1Oc1c(Br)cccc1[N+](=O)[O-]. The molecule has 0 spiro atoms. The van der Waals surface area contributed by atoms with E-state index in [1.54, 1.807) is 24.3 Å². The van der Waals surface area contributed by atoms with E-state index in [0.717, 1.165) is 5.56 Å². The average molecular weight is 348 g/mol. The van der Waals surface area contributed by atoms with Crippen molar-refractivity contribution in [3.8, 4) is 17.6 Å². The summed E-state index contributed by atoms with van der Waals surface area (Å²) in [4.78, 5) is 10.5. The van der Waals surface area contributed by atoms with Gasteiger partial charge in [0.25, 0.3) is 0 Å². The summed E-state index contributed by atoms with van der Waals surface area (Å²) in [6.07, 6.45) is 0. The number of rotatable bonds is 4. The van der Waals surface area contributed by atoms with Crippen molar-refractivity contribution >= 4 is 21.6 Å². The van der Waals surface area contributed by atoms with Crippen LogP contribution in [0.25, 0.3) is 0 Å². The second-order valence-electron chi connectivity index (χ2n) is 4.09. The third kappa shape index (κ3) is 3.18. The molecule has 2 aromatic rings. The molecular formula is C14H10BrN3O3. The molecule has 0 radical (unpaired) electrons. The smallest absolute Gasteiger partial charge is 0.312 e. The van der Waals surface area contributed by atoms with Crippen LogP contribution in [0.1, 0.15) is 11.1 Å². The van der Waals surface area contributed by atoms with E-state index < -0.39 is 4.92 Å². The lowest BCUT2D eigenvalue weighted by molar-refractivity contribution is -0.385. The highest BCUT2D eigenvalue weighted by Crippen LogP contribution is 2.38. The van der Waals surface area contributed by atoms with Crippen LogP contribution in [0.3, 0.4) is 0 Å². The molecule has 2 aromatic carbocycles. The molecule has 21 heavy (non-hydrogen) atoms. The van der Waals surface area contributed by atoms with Crippen LogP contribution in [0, 0.1) is 21.4 Å². The van der Waals surface area contributed by atoms with Crippen molar-refractivity contribution in [1.29, 1.82) is 5.26 Å². The molecule has 2 N–H and O–H groups in total. The Balaban J connectivity index is 2.48. The van der Waals surface area contributed by atoms with E-state index in [0.29, 0.717) is 11.0 Å². The van der Waals surface area contributed by atoms with Crippen molar-refractivity contribution in [2.45, 2.75) is 6.54 Å². The van der Waals surface area contributed by atoms with Gasteiger partial charge in [-0.25, -0.2) is 0 Å². The highest BCUT2D eigenvalue weighted by Gasteiger charge is 2.20. The van der Waals surface area contributed by atoms with Gasteiger partial charge in [-0.2, -0.15) is 5.26 Å². The first-order valence-corrected chi connectivity index (χ1v) is 6.70. The predicted molar refractivity (Wildman–Crippen MR) is 79.9 cm³/mol. The van der Waals surface area contributed by atoms with Gasteiger partial charge < -0.3 is 10.5 Å². The number of ether oxygens (including phenoxy) is 1. The molecule has 0 saturated heterocycles. The molecule has 0 amide bonds. The molecule has 0 fully saturated rings. The Labute approximate surface area is 129 Å². The van der Waals surface area contributed by atoms with Gasteiger partial charge in [0.1, 0.15) is 11.8 Å². The lowest BCUT2D eigenvalue weighted by Gasteiger charge is -2.10. The lowest BCUT2D eigenvalue weighted by Crippen LogP contribution is -1.99. The van der Waals surface area contributed by atoms with Crippen molar-refractivity contribution in [2.24, 2.45) is 5.73 Å². The molecular weight excluding hydrogens is 338 g/mol. The normalized spacial score (nSPS) is 9.95. The molecule has 0 heterocycles. The first-order valence-electron chi connectivity index (χ1n) is 5.90. The van der Waals surface area contributed by atoms with Crippen molar-refractivity contribution in [3.05, 3.63) is 62.1 Å². The molecule has 0 bridgehead atoms. The molecule has 7 heteroatoms. The molecule has 0 unspecified atom stereocenters. The van der Waals surface area contributed by atoms with Crippen LogP contribution in [0.4, 0.5) is 5.69 Å². The van der Waals surface area contributed by atoms with Crippen LogP contribution in [-0.2, 0) is 6.54 Å². The lowest BCUT2D eigenvalue weighted by atomic mass is 10.1. The van der Waals surface area contributed by atoms with Crippen molar-refractivity contribution < 1.29 is 9.66 Å². The fourth-order valence-electron chi connectivity index (χ4n) is 1.73. The van der Waals surface area contributed by atoms with E-state index in [4.69, 9.17) is 15.7 Å². The van der Waals surface area contributed by atoms with Gasteiger partial charge in [-0.3, -0.25) is 10.1 Å². The van der Waals surface area contributed by atoms with Gasteiger partial charge in [0.15, 0.2) is 0 Å². The van der Waals surface area contributed by atoms with Crippen molar-refractivity contribution in [1.82, 2.24) is 0 Å². The number of benzene rings is 2. The summed E-state index contributed by atoms with van der Waals surface area (Å²) in [5.41, 5.74) is 6.38. The minimum absolute atomic E-state index is 0.0551. The Bertz CT molecular complexity index is 741. The fourth-order valence-corrected chi connectivity index (χ4v) is 2.17. The number of nitrogens with zero attached hydrogens (tertiary/aromatic N) is 2. The largest absolute Gasteiger partial charge is 0.448 e. The highest BCUT2D eigenvalue weighted by atomic mass is 79.9. The zero-order chi connectivity index (χ0) is 15.4. The van der Waals surface area contributed by atoms with Gasteiger partial charge in [-0.15, -0.1) is 0 Å². The summed E-state index contributed by atoms with van der Waals surface area (Å²) in [6, 6.07) is 11.4. The summed E-state index contributed by atoms with van der Waals surface area (Å²) in [5, 5.41) is 20.2. The molecule has 0 aliphatic heterocycles. The zero-order valence-electron chi connectivity index (χ0n) is 10.7. The van der Waals surface area contributed by atoms with E-state index in [9.17, 15) is 10.1 Å². The Morgan fingerprint density at radius 1 is 1.38 bits per heavy atom. The number of halogens is 1. The predicted octanol–water partition coefficient (Wildman–Crippen LogP) is 3.48. The number of nitro benzene ring substituents is 1. The monoisotopic (exact) mass is 347 g/mol. The maximum Gasteiger partial charge on any atom is 0.312 e. The number of hydrogen-bond donors (Lipinski definition) is 1. The quantitative estimate of drug-likeness (QED) is 0.673. The Morgan fingerprint density at radius 3 is 2.76 bits per heavy atom. The average Bonchev–Trinajstić information content (AvgIpc) is 2.49. The Kier molecular flexibility index (Phi) is 4.52. The number of nitro groups is 1. The molecule has 6 nitrogen and oxygen atoms in total. The Morgan fingerprint density at radius 2 is 2.14 bits per heavy atom. The van der Waals surface area contributed by atoms with Crippen molar-refractivity contribution in [3.63, 3.8) is 0 Å². The molecule has 0 aliphatic rings. The van der Waals surface area contributed by atoms with Crippen molar-refractivity contribution in [2.75, 3.05) is 0 Å². The third-order valence-electron chi connectivity index (χ3n) is 2.76. The van der Waals surface area contributed by atoms with Gasteiger partial charge in [0.2, 0.25) is 5.75 Å². The number of hydrogen-bond acceptors (Lipinski definition) is 5. The van der Waals surface area contributed by atoms with Gasteiger partial charge >= 0.3 is 5.69 Å². The van der Waals surface area contributed by atoms with Crippen LogP contribution >= 0.6 is 15.9 Å². The number of nitriles is 1. The molecule has 0 aliphatic carbocycles. The number of para-hydroxylation sites is 1. The second-order valence-corrected chi connectivity index (χ2v) is 4.95. The first kappa shape index (κ1) is 15.0. The first-order chi connectivity index (χ1) is 10.1. The maximum absolute atomic E-state index is 11.0. The highest BCUT2D eigenvalue weighted by molar-refractivity contribution is 9.10. The van der Waals surface area contributed by atoms with Crippen LogP contribution < -0.4 is 10.5 Å².